The van der Waals surface area contributed by atoms with Crippen molar-refractivity contribution in [3.8, 4) is 5.75 Å². The van der Waals surface area contributed by atoms with Gasteiger partial charge in [-0.1, -0.05) is 25.0 Å². The monoisotopic (exact) mass is 333 g/mol. The Bertz CT molecular complexity index is 702. The highest BCUT2D eigenvalue weighted by Crippen LogP contribution is 2.33. The average Bonchev–Trinajstić information content (AvgIpc) is 3.25. The molecule has 2 aromatic rings. The smallest absolute Gasteiger partial charge is 0.287 e. The number of aliphatic hydroxyl groups is 1. The molecule has 1 aromatic carbocycles. The number of aliphatic hydroxyl groups excluding tert-OH is 1. The fourth-order valence-corrected chi connectivity index (χ4v) is 3.29. The van der Waals surface area contributed by atoms with Crippen molar-refractivity contribution in [3.63, 3.8) is 0 Å². The van der Waals surface area contributed by atoms with Crippen molar-refractivity contribution < 1.29 is 23.8 Å². The van der Waals surface area contributed by atoms with Crippen LogP contribution in [0.1, 0.15) is 36.2 Å². The topological polar surface area (TPSA) is 80.9 Å². The van der Waals surface area contributed by atoms with E-state index in [2.05, 4.69) is 5.32 Å². The molecule has 1 saturated carbocycles. The van der Waals surface area contributed by atoms with E-state index in [-0.39, 0.29) is 30.5 Å². The van der Waals surface area contributed by atoms with Crippen LogP contribution in [0.3, 0.4) is 0 Å². The van der Waals surface area contributed by atoms with Gasteiger partial charge in [-0.05, 0) is 25.0 Å². The third-order valence-electron chi connectivity index (χ3n) is 4.54. The second kappa shape index (κ2) is 7.23. The van der Waals surface area contributed by atoms with Crippen molar-refractivity contribution in [2.24, 2.45) is 0 Å². The van der Waals surface area contributed by atoms with Crippen LogP contribution in [0.15, 0.2) is 28.7 Å². The van der Waals surface area contributed by atoms with Gasteiger partial charge in [0.05, 0.1) is 25.9 Å². The first-order valence-corrected chi connectivity index (χ1v) is 8.27. The Morgan fingerprint density at radius 1 is 1.38 bits per heavy atom. The number of fused-ring (bicyclic) bond motifs is 1. The number of nitrogens with one attached hydrogen (secondary N) is 1. The zero-order valence-electron chi connectivity index (χ0n) is 13.8. The lowest BCUT2D eigenvalue weighted by Gasteiger charge is -2.29. The molecule has 1 amide bonds. The van der Waals surface area contributed by atoms with Gasteiger partial charge in [0.25, 0.3) is 5.91 Å². The zero-order valence-corrected chi connectivity index (χ0v) is 13.8. The second-order valence-electron chi connectivity index (χ2n) is 6.13. The summed E-state index contributed by atoms with van der Waals surface area (Å²) in [6.45, 7) is 0.691. The molecule has 0 radical (unpaired) electrons. The number of hydrogen-bond donors (Lipinski definition) is 2. The summed E-state index contributed by atoms with van der Waals surface area (Å²) in [6.07, 6.45) is 3.93. The second-order valence-corrected chi connectivity index (χ2v) is 6.13. The SMILES string of the molecule is COc1cccc2cc(C(=O)NCC3(OCCO)CCCC3)oc12. The number of ether oxygens (including phenoxy) is 2. The largest absolute Gasteiger partial charge is 0.493 e. The first-order chi connectivity index (χ1) is 11.7. The van der Waals surface area contributed by atoms with Gasteiger partial charge in [0.2, 0.25) is 0 Å². The van der Waals surface area contributed by atoms with E-state index in [0.29, 0.717) is 17.9 Å². The lowest BCUT2D eigenvalue weighted by Crippen LogP contribution is -2.43. The number of furan rings is 1. The number of benzene rings is 1. The van der Waals surface area contributed by atoms with Gasteiger partial charge in [0, 0.05) is 11.9 Å². The molecule has 6 heteroatoms. The van der Waals surface area contributed by atoms with Gasteiger partial charge in [0.15, 0.2) is 17.1 Å². The summed E-state index contributed by atoms with van der Waals surface area (Å²) in [7, 11) is 1.57. The summed E-state index contributed by atoms with van der Waals surface area (Å²) in [5.41, 5.74) is 0.194. The fraction of sp³-hybridized carbons (Fsp3) is 0.500. The Kier molecular flexibility index (Phi) is 5.06. The van der Waals surface area contributed by atoms with Crippen LogP contribution in [0.2, 0.25) is 0 Å². The van der Waals surface area contributed by atoms with Crippen molar-refractivity contribution in [2.45, 2.75) is 31.3 Å². The van der Waals surface area contributed by atoms with E-state index in [0.717, 1.165) is 31.1 Å². The molecule has 0 aliphatic heterocycles. The predicted octanol–water partition coefficient (Wildman–Crippen LogP) is 2.49. The first-order valence-electron chi connectivity index (χ1n) is 8.27. The minimum Gasteiger partial charge on any atom is -0.493 e. The van der Waals surface area contributed by atoms with Crippen LogP contribution >= 0.6 is 0 Å². The number of hydrogen-bond acceptors (Lipinski definition) is 5. The Labute approximate surface area is 140 Å². The van der Waals surface area contributed by atoms with Crippen molar-refractivity contribution in [1.82, 2.24) is 5.32 Å². The molecule has 6 nitrogen and oxygen atoms in total. The summed E-state index contributed by atoms with van der Waals surface area (Å²) < 4.78 is 16.7. The van der Waals surface area contributed by atoms with Gasteiger partial charge < -0.3 is 24.3 Å². The summed E-state index contributed by atoms with van der Waals surface area (Å²) in [5.74, 6) is 0.585. The molecule has 0 saturated heterocycles. The first kappa shape index (κ1) is 16.8. The highest BCUT2D eigenvalue weighted by molar-refractivity contribution is 5.97. The number of carbonyl (C=O) groups excluding carboxylic acids is 1. The molecule has 130 valence electrons. The van der Waals surface area contributed by atoms with Crippen molar-refractivity contribution in [3.05, 3.63) is 30.0 Å². The van der Waals surface area contributed by atoms with Gasteiger partial charge in [0.1, 0.15) is 0 Å². The summed E-state index contributed by atoms with van der Waals surface area (Å²) in [6, 6.07) is 7.24. The maximum absolute atomic E-state index is 12.4. The van der Waals surface area contributed by atoms with Crippen LogP contribution in [0.25, 0.3) is 11.0 Å². The molecule has 1 fully saturated rings. The molecule has 0 spiro atoms. The molecule has 1 aliphatic rings. The average molecular weight is 333 g/mol. The minimum atomic E-state index is -0.373. The lowest BCUT2D eigenvalue weighted by atomic mass is 10.0. The molecule has 0 unspecified atom stereocenters. The standard InChI is InChI=1S/C18H23NO5/c1-22-14-6-4-5-13-11-15(24-16(13)14)17(21)19-12-18(23-10-9-20)7-2-3-8-18/h4-6,11,20H,2-3,7-10,12H2,1H3,(H,19,21). The maximum Gasteiger partial charge on any atom is 0.287 e. The number of para-hydroxylation sites is 1. The van der Waals surface area contributed by atoms with Gasteiger partial charge in [-0.25, -0.2) is 0 Å². The van der Waals surface area contributed by atoms with Crippen LogP contribution in [-0.4, -0.2) is 43.5 Å². The Morgan fingerprint density at radius 2 is 2.17 bits per heavy atom. The fourth-order valence-electron chi connectivity index (χ4n) is 3.29. The van der Waals surface area contributed by atoms with Crippen molar-refractivity contribution in [1.29, 1.82) is 0 Å². The third-order valence-corrected chi connectivity index (χ3v) is 4.54. The Balaban J connectivity index is 1.70. The van der Waals surface area contributed by atoms with E-state index in [1.54, 1.807) is 19.2 Å². The normalized spacial score (nSPS) is 16.4. The lowest BCUT2D eigenvalue weighted by molar-refractivity contribution is -0.0512. The van der Waals surface area contributed by atoms with E-state index < -0.39 is 0 Å². The summed E-state index contributed by atoms with van der Waals surface area (Å²) in [5, 5.41) is 12.7. The summed E-state index contributed by atoms with van der Waals surface area (Å²) in [4.78, 5) is 12.4. The van der Waals surface area contributed by atoms with Gasteiger partial charge >= 0.3 is 0 Å². The molecule has 1 heterocycles. The number of carbonyl (C=O) groups is 1. The highest BCUT2D eigenvalue weighted by Gasteiger charge is 2.35. The van der Waals surface area contributed by atoms with Crippen molar-refractivity contribution in [2.75, 3.05) is 26.9 Å². The molecule has 1 aliphatic carbocycles. The third kappa shape index (κ3) is 3.39. The molecule has 1 aromatic heterocycles. The van der Waals surface area contributed by atoms with Crippen LogP contribution in [0.5, 0.6) is 5.75 Å². The maximum atomic E-state index is 12.4. The highest BCUT2D eigenvalue weighted by atomic mass is 16.5. The Hall–Kier alpha value is -2.05. The number of amides is 1. The zero-order chi connectivity index (χ0) is 17.0. The van der Waals surface area contributed by atoms with E-state index in [1.807, 2.05) is 12.1 Å². The predicted molar refractivity (Wildman–Crippen MR) is 89.3 cm³/mol. The molecule has 24 heavy (non-hydrogen) atoms. The number of methoxy groups -OCH3 is 1. The van der Waals surface area contributed by atoms with E-state index in [1.165, 1.54) is 0 Å². The molecule has 2 N–H and O–H groups in total. The quantitative estimate of drug-likeness (QED) is 0.814. The molecular weight excluding hydrogens is 310 g/mol. The molecule has 0 bridgehead atoms. The van der Waals surface area contributed by atoms with Gasteiger partial charge in [-0.15, -0.1) is 0 Å². The Morgan fingerprint density at radius 3 is 2.88 bits per heavy atom. The van der Waals surface area contributed by atoms with Crippen molar-refractivity contribution >= 4 is 16.9 Å². The van der Waals surface area contributed by atoms with E-state index in [9.17, 15) is 4.79 Å². The molecular formula is C18H23NO5. The molecule has 0 atom stereocenters. The van der Waals surface area contributed by atoms with Gasteiger partial charge in [-0.3, -0.25) is 4.79 Å². The minimum absolute atomic E-state index is 0.0148. The molecule has 3 rings (SSSR count). The van der Waals surface area contributed by atoms with Gasteiger partial charge in [-0.2, -0.15) is 0 Å². The van der Waals surface area contributed by atoms with Crippen LogP contribution in [0.4, 0.5) is 0 Å². The summed E-state index contributed by atoms with van der Waals surface area (Å²) >= 11 is 0. The van der Waals surface area contributed by atoms with E-state index >= 15 is 0 Å². The van der Waals surface area contributed by atoms with Crippen LogP contribution in [-0.2, 0) is 4.74 Å². The van der Waals surface area contributed by atoms with Crippen LogP contribution in [0, 0.1) is 0 Å². The van der Waals surface area contributed by atoms with E-state index in [4.69, 9.17) is 19.0 Å². The van der Waals surface area contributed by atoms with Crippen LogP contribution < -0.4 is 10.1 Å². The number of rotatable bonds is 7.